The molecule has 1 aliphatic rings. The lowest BCUT2D eigenvalue weighted by atomic mass is 9.82. The molecule has 0 bridgehead atoms. The van der Waals surface area contributed by atoms with Gasteiger partial charge in [0.2, 0.25) is 0 Å². The molecule has 2 rings (SSSR count). The maximum absolute atomic E-state index is 6.57. The van der Waals surface area contributed by atoms with Crippen LogP contribution in [-0.4, -0.2) is 0 Å². The second kappa shape index (κ2) is 4.36. The monoisotopic (exact) mass is 203 g/mol. The van der Waals surface area contributed by atoms with Crippen LogP contribution in [0.15, 0.2) is 30.3 Å². The third-order valence-electron chi connectivity index (χ3n) is 3.39. The lowest BCUT2D eigenvalue weighted by Gasteiger charge is -2.30. The van der Waals surface area contributed by atoms with Crippen LogP contribution in [0.5, 0.6) is 0 Å². The van der Waals surface area contributed by atoms with Gasteiger partial charge in [-0.1, -0.05) is 56.5 Å². The maximum Gasteiger partial charge on any atom is 0.0412 e. The molecular weight excluding hydrogens is 182 g/mol. The van der Waals surface area contributed by atoms with Gasteiger partial charge >= 0.3 is 0 Å². The van der Waals surface area contributed by atoms with E-state index in [1.807, 2.05) is 0 Å². The molecule has 0 radical (unpaired) electrons. The Bertz CT molecular complexity index is 302. The highest BCUT2D eigenvalue weighted by atomic mass is 14.7. The smallest absolute Gasteiger partial charge is 0.0412 e. The fourth-order valence-electron chi connectivity index (χ4n) is 2.42. The maximum atomic E-state index is 6.57. The summed E-state index contributed by atoms with van der Waals surface area (Å²) in [6.07, 6.45) is 6.21. The SMILES string of the molecule is CCCC(N)(CC1CC1)c1ccccc1. The summed E-state index contributed by atoms with van der Waals surface area (Å²) in [6, 6.07) is 10.6. The van der Waals surface area contributed by atoms with Crippen LogP contribution in [0.3, 0.4) is 0 Å². The minimum Gasteiger partial charge on any atom is -0.321 e. The van der Waals surface area contributed by atoms with E-state index < -0.39 is 0 Å². The molecule has 1 unspecified atom stereocenters. The lowest BCUT2D eigenvalue weighted by molar-refractivity contribution is 0.353. The molecule has 0 saturated heterocycles. The van der Waals surface area contributed by atoms with Gasteiger partial charge in [-0.15, -0.1) is 0 Å². The molecule has 1 saturated carbocycles. The van der Waals surface area contributed by atoms with E-state index in [9.17, 15) is 0 Å². The first-order valence-electron chi connectivity index (χ1n) is 6.09. The predicted molar refractivity (Wildman–Crippen MR) is 64.6 cm³/mol. The van der Waals surface area contributed by atoms with Crippen LogP contribution in [0.1, 0.15) is 44.6 Å². The summed E-state index contributed by atoms with van der Waals surface area (Å²) in [4.78, 5) is 0. The minimum atomic E-state index is -0.0722. The van der Waals surface area contributed by atoms with Crippen LogP contribution in [0.25, 0.3) is 0 Å². The Morgan fingerprint density at radius 3 is 2.47 bits per heavy atom. The van der Waals surface area contributed by atoms with E-state index in [-0.39, 0.29) is 5.54 Å². The molecule has 1 aromatic carbocycles. The van der Waals surface area contributed by atoms with E-state index in [0.29, 0.717) is 0 Å². The van der Waals surface area contributed by atoms with Gasteiger partial charge in [0, 0.05) is 5.54 Å². The molecule has 0 aromatic heterocycles. The third kappa shape index (κ3) is 2.60. The number of nitrogens with two attached hydrogens (primary N) is 1. The Labute approximate surface area is 92.7 Å². The van der Waals surface area contributed by atoms with Gasteiger partial charge in [0.1, 0.15) is 0 Å². The van der Waals surface area contributed by atoms with Crippen LogP contribution in [0, 0.1) is 5.92 Å². The first-order valence-corrected chi connectivity index (χ1v) is 6.09. The van der Waals surface area contributed by atoms with Crippen molar-refractivity contribution >= 4 is 0 Å². The molecule has 15 heavy (non-hydrogen) atoms. The highest BCUT2D eigenvalue weighted by Crippen LogP contribution is 2.41. The molecule has 82 valence electrons. The summed E-state index contributed by atoms with van der Waals surface area (Å²) in [5.74, 6) is 0.891. The number of rotatable bonds is 5. The number of hydrogen-bond donors (Lipinski definition) is 1. The molecule has 1 atom stereocenters. The van der Waals surface area contributed by atoms with Gasteiger partial charge in [0.05, 0.1) is 0 Å². The third-order valence-corrected chi connectivity index (χ3v) is 3.39. The predicted octanol–water partition coefficient (Wildman–Crippen LogP) is 3.44. The van der Waals surface area contributed by atoms with E-state index in [2.05, 4.69) is 37.3 Å². The fraction of sp³-hybridized carbons (Fsp3) is 0.571. The van der Waals surface area contributed by atoms with Crippen molar-refractivity contribution in [3.05, 3.63) is 35.9 Å². The van der Waals surface area contributed by atoms with Crippen molar-refractivity contribution in [3.63, 3.8) is 0 Å². The second-order valence-corrected chi connectivity index (χ2v) is 4.92. The van der Waals surface area contributed by atoms with Crippen molar-refractivity contribution in [2.45, 2.75) is 44.6 Å². The molecule has 1 aromatic rings. The highest BCUT2D eigenvalue weighted by molar-refractivity contribution is 5.24. The molecule has 0 spiro atoms. The van der Waals surface area contributed by atoms with Crippen molar-refractivity contribution in [1.82, 2.24) is 0 Å². The van der Waals surface area contributed by atoms with Crippen molar-refractivity contribution in [2.75, 3.05) is 0 Å². The van der Waals surface area contributed by atoms with Gasteiger partial charge in [0.25, 0.3) is 0 Å². The Hall–Kier alpha value is -0.820. The van der Waals surface area contributed by atoms with Gasteiger partial charge in [-0.2, -0.15) is 0 Å². The van der Waals surface area contributed by atoms with E-state index in [4.69, 9.17) is 5.73 Å². The zero-order valence-corrected chi connectivity index (χ0v) is 9.58. The normalized spacial score (nSPS) is 19.9. The van der Waals surface area contributed by atoms with Gasteiger partial charge in [-0.05, 0) is 24.3 Å². The van der Waals surface area contributed by atoms with Crippen molar-refractivity contribution < 1.29 is 0 Å². The first kappa shape index (κ1) is 10.7. The van der Waals surface area contributed by atoms with Crippen LogP contribution < -0.4 is 5.73 Å². The van der Waals surface area contributed by atoms with Crippen LogP contribution in [0.2, 0.25) is 0 Å². The average Bonchev–Trinajstić information content (AvgIpc) is 3.03. The summed E-state index contributed by atoms with van der Waals surface area (Å²) >= 11 is 0. The van der Waals surface area contributed by atoms with Crippen LogP contribution in [-0.2, 0) is 5.54 Å². The first-order chi connectivity index (χ1) is 7.24. The number of benzene rings is 1. The number of hydrogen-bond acceptors (Lipinski definition) is 1. The van der Waals surface area contributed by atoms with Gasteiger partial charge in [-0.25, -0.2) is 0 Å². The summed E-state index contributed by atoms with van der Waals surface area (Å²) in [6.45, 7) is 2.22. The van der Waals surface area contributed by atoms with E-state index in [1.165, 1.54) is 24.8 Å². The molecule has 0 aliphatic heterocycles. The Morgan fingerprint density at radius 1 is 1.27 bits per heavy atom. The second-order valence-electron chi connectivity index (χ2n) is 4.92. The molecule has 1 fully saturated rings. The molecule has 1 aliphatic carbocycles. The molecule has 1 nitrogen and oxygen atoms in total. The average molecular weight is 203 g/mol. The summed E-state index contributed by atoms with van der Waals surface area (Å²) in [5, 5.41) is 0. The van der Waals surface area contributed by atoms with E-state index in [0.717, 1.165) is 18.8 Å². The summed E-state index contributed by atoms with van der Waals surface area (Å²) in [7, 11) is 0. The van der Waals surface area contributed by atoms with Crippen molar-refractivity contribution in [1.29, 1.82) is 0 Å². The topological polar surface area (TPSA) is 26.0 Å². The van der Waals surface area contributed by atoms with Crippen molar-refractivity contribution in [3.8, 4) is 0 Å². The largest absolute Gasteiger partial charge is 0.321 e. The van der Waals surface area contributed by atoms with Gasteiger partial charge in [0.15, 0.2) is 0 Å². The quantitative estimate of drug-likeness (QED) is 0.779. The van der Waals surface area contributed by atoms with Gasteiger partial charge < -0.3 is 5.73 Å². The highest BCUT2D eigenvalue weighted by Gasteiger charge is 2.34. The van der Waals surface area contributed by atoms with E-state index >= 15 is 0 Å². The van der Waals surface area contributed by atoms with Crippen molar-refractivity contribution in [2.24, 2.45) is 11.7 Å². The summed E-state index contributed by atoms with van der Waals surface area (Å²) < 4.78 is 0. The molecule has 0 heterocycles. The Balaban J connectivity index is 2.16. The summed E-state index contributed by atoms with van der Waals surface area (Å²) in [5.41, 5.74) is 7.82. The van der Waals surface area contributed by atoms with Crippen LogP contribution >= 0.6 is 0 Å². The zero-order valence-electron chi connectivity index (χ0n) is 9.58. The standard InChI is InChI=1S/C14H21N/c1-2-10-14(15,11-12-8-9-12)13-6-4-3-5-7-13/h3-7,12H,2,8-11,15H2,1H3. The lowest BCUT2D eigenvalue weighted by Crippen LogP contribution is -2.37. The van der Waals surface area contributed by atoms with E-state index in [1.54, 1.807) is 0 Å². The zero-order chi connectivity index (χ0) is 10.7. The Kier molecular flexibility index (Phi) is 3.11. The molecule has 1 heteroatoms. The Morgan fingerprint density at radius 2 is 1.93 bits per heavy atom. The fourth-order valence-corrected chi connectivity index (χ4v) is 2.42. The van der Waals surface area contributed by atoms with Gasteiger partial charge in [-0.3, -0.25) is 0 Å². The molecule has 0 amide bonds. The van der Waals surface area contributed by atoms with Crippen LogP contribution in [0.4, 0.5) is 0 Å². The minimum absolute atomic E-state index is 0.0722. The molecular formula is C14H21N. The molecule has 2 N–H and O–H groups in total.